The second-order valence-electron chi connectivity index (χ2n) is 4.87. The van der Waals surface area contributed by atoms with Crippen LogP contribution < -0.4 is 5.73 Å². The summed E-state index contributed by atoms with van der Waals surface area (Å²) in [5.41, 5.74) is 6.08. The molecule has 2 aromatic heterocycles. The van der Waals surface area contributed by atoms with Crippen LogP contribution in [-0.2, 0) is 0 Å². The van der Waals surface area contributed by atoms with Gasteiger partial charge in [0.2, 0.25) is 0 Å². The minimum atomic E-state index is -0.314. The molecule has 0 saturated heterocycles. The normalized spacial score (nSPS) is 10.7. The van der Waals surface area contributed by atoms with Crippen molar-refractivity contribution in [1.29, 1.82) is 15.8 Å². The van der Waals surface area contributed by atoms with Gasteiger partial charge < -0.3 is 10.2 Å². The number of fused-ring (bicyclic) bond motifs is 1. The van der Waals surface area contributed by atoms with E-state index in [2.05, 4.69) is 4.98 Å². The monoisotopic (exact) mass is 343 g/mol. The van der Waals surface area contributed by atoms with Gasteiger partial charge >= 0.3 is 0 Å². The van der Waals surface area contributed by atoms with Gasteiger partial charge in [0.25, 0.3) is 0 Å². The van der Waals surface area contributed by atoms with Gasteiger partial charge in [-0.2, -0.15) is 15.8 Å². The van der Waals surface area contributed by atoms with Gasteiger partial charge in [0.05, 0.1) is 21.5 Å². The minimum Gasteiger partial charge on any atom is -0.454 e. The van der Waals surface area contributed by atoms with E-state index in [1.165, 1.54) is 17.4 Å². The molecule has 0 aliphatic rings. The number of benzene rings is 1. The number of para-hydroxylation sites is 1. The SMILES string of the molecule is N#CC(=Cc1ccc(-c2nc3ccccc3s2)o1)C(N)=C(C#N)C#N. The van der Waals surface area contributed by atoms with Crippen molar-refractivity contribution in [1.82, 2.24) is 4.98 Å². The Morgan fingerprint density at radius 1 is 1.08 bits per heavy atom. The Bertz CT molecular complexity index is 1100. The Balaban J connectivity index is 1.98. The largest absolute Gasteiger partial charge is 0.454 e. The third-order valence-electron chi connectivity index (χ3n) is 3.32. The van der Waals surface area contributed by atoms with Crippen LogP contribution in [0.4, 0.5) is 0 Å². The summed E-state index contributed by atoms with van der Waals surface area (Å²) in [6.07, 6.45) is 1.39. The Morgan fingerprint density at radius 2 is 1.84 bits per heavy atom. The highest BCUT2D eigenvalue weighted by molar-refractivity contribution is 7.21. The quantitative estimate of drug-likeness (QED) is 0.571. The van der Waals surface area contributed by atoms with Gasteiger partial charge in [-0.05, 0) is 24.3 Å². The molecule has 0 aliphatic heterocycles. The number of nitrogens with two attached hydrogens (primary N) is 1. The molecule has 1 aromatic carbocycles. The summed E-state index contributed by atoms with van der Waals surface area (Å²) in [5, 5.41) is 27.6. The van der Waals surface area contributed by atoms with Gasteiger partial charge in [-0.25, -0.2) is 4.98 Å². The highest BCUT2D eigenvalue weighted by Crippen LogP contribution is 2.31. The zero-order chi connectivity index (χ0) is 17.8. The van der Waals surface area contributed by atoms with Crippen LogP contribution in [-0.4, -0.2) is 4.98 Å². The van der Waals surface area contributed by atoms with Crippen molar-refractivity contribution < 1.29 is 4.42 Å². The summed E-state index contributed by atoms with van der Waals surface area (Å²) in [4.78, 5) is 4.50. The van der Waals surface area contributed by atoms with E-state index in [-0.39, 0.29) is 16.8 Å². The molecular weight excluding hydrogens is 334 g/mol. The summed E-state index contributed by atoms with van der Waals surface area (Å²) in [6, 6.07) is 16.4. The van der Waals surface area contributed by atoms with Crippen molar-refractivity contribution in [3.8, 4) is 29.0 Å². The number of furan rings is 1. The van der Waals surface area contributed by atoms with E-state index in [1.54, 1.807) is 24.3 Å². The smallest absolute Gasteiger partial charge is 0.163 e. The van der Waals surface area contributed by atoms with E-state index in [1.807, 2.05) is 30.3 Å². The summed E-state index contributed by atoms with van der Waals surface area (Å²) >= 11 is 1.50. The van der Waals surface area contributed by atoms with Crippen LogP contribution in [0.1, 0.15) is 5.76 Å². The molecule has 7 heteroatoms. The number of nitriles is 3. The fourth-order valence-electron chi connectivity index (χ4n) is 2.12. The van der Waals surface area contributed by atoms with Crippen molar-refractivity contribution >= 4 is 27.6 Å². The average Bonchev–Trinajstić information content (AvgIpc) is 3.27. The van der Waals surface area contributed by atoms with Crippen LogP contribution in [0.2, 0.25) is 0 Å². The van der Waals surface area contributed by atoms with E-state index in [9.17, 15) is 5.26 Å². The molecule has 0 saturated carbocycles. The first kappa shape index (κ1) is 16.0. The molecule has 0 bridgehead atoms. The number of aromatic nitrogens is 1. The summed E-state index contributed by atoms with van der Waals surface area (Å²) in [6.45, 7) is 0. The molecule has 0 aliphatic carbocycles. The predicted molar refractivity (Wildman–Crippen MR) is 93.4 cm³/mol. The molecule has 2 heterocycles. The summed E-state index contributed by atoms with van der Waals surface area (Å²) in [7, 11) is 0. The van der Waals surface area contributed by atoms with Gasteiger partial charge in [0.15, 0.2) is 16.3 Å². The van der Waals surface area contributed by atoms with E-state index in [4.69, 9.17) is 20.7 Å². The lowest BCUT2D eigenvalue weighted by Gasteiger charge is -1.97. The Labute approximate surface area is 147 Å². The molecule has 0 spiro atoms. The number of allylic oxidation sites excluding steroid dienone is 2. The fourth-order valence-corrected chi connectivity index (χ4v) is 3.04. The lowest BCUT2D eigenvalue weighted by Crippen LogP contribution is -2.03. The number of hydrogen-bond donors (Lipinski definition) is 1. The van der Waals surface area contributed by atoms with Crippen LogP contribution in [0.5, 0.6) is 0 Å². The zero-order valence-electron chi connectivity index (χ0n) is 12.7. The summed E-state index contributed by atoms with van der Waals surface area (Å²) in [5.74, 6) is 0.942. The van der Waals surface area contributed by atoms with Crippen LogP contribution in [0.3, 0.4) is 0 Å². The lowest BCUT2D eigenvalue weighted by atomic mass is 10.1. The highest BCUT2D eigenvalue weighted by atomic mass is 32.1. The molecule has 0 amide bonds. The zero-order valence-corrected chi connectivity index (χ0v) is 13.5. The molecule has 6 nitrogen and oxygen atoms in total. The molecule has 118 valence electrons. The number of rotatable bonds is 3. The van der Waals surface area contributed by atoms with Gasteiger partial charge in [0, 0.05) is 6.08 Å². The Hall–Kier alpha value is -3.86. The van der Waals surface area contributed by atoms with Crippen molar-refractivity contribution in [2.24, 2.45) is 5.73 Å². The first-order chi connectivity index (χ1) is 12.2. The van der Waals surface area contributed by atoms with Gasteiger partial charge in [-0.1, -0.05) is 12.1 Å². The first-order valence-electron chi connectivity index (χ1n) is 7.04. The number of thiazole rings is 1. The minimum absolute atomic E-state index is 0.0108. The van der Waals surface area contributed by atoms with Crippen molar-refractivity contribution in [3.05, 3.63) is 59.0 Å². The second kappa shape index (κ2) is 6.72. The van der Waals surface area contributed by atoms with Crippen LogP contribution in [0.25, 0.3) is 27.1 Å². The van der Waals surface area contributed by atoms with Crippen molar-refractivity contribution in [2.45, 2.75) is 0 Å². The Morgan fingerprint density at radius 3 is 2.52 bits per heavy atom. The number of hydrogen-bond acceptors (Lipinski definition) is 7. The molecule has 2 N–H and O–H groups in total. The predicted octanol–water partition coefficient (Wildman–Crippen LogP) is 3.72. The van der Waals surface area contributed by atoms with Gasteiger partial charge in [0.1, 0.15) is 24.0 Å². The van der Waals surface area contributed by atoms with E-state index in [0.29, 0.717) is 11.5 Å². The number of nitrogens with zero attached hydrogens (tertiary/aromatic N) is 4. The second-order valence-corrected chi connectivity index (χ2v) is 5.90. The maximum atomic E-state index is 9.21. The molecular formula is C18H9N5OS. The Kier molecular flexibility index (Phi) is 4.30. The molecule has 3 rings (SSSR count). The fraction of sp³-hybridized carbons (Fsp3) is 0. The molecule has 3 aromatic rings. The van der Waals surface area contributed by atoms with Crippen LogP contribution in [0.15, 0.2) is 57.7 Å². The lowest BCUT2D eigenvalue weighted by molar-refractivity contribution is 0.571. The molecule has 0 unspecified atom stereocenters. The van der Waals surface area contributed by atoms with Gasteiger partial charge in [-0.3, -0.25) is 0 Å². The van der Waals surface area contributed by atoms with E-state index in [0.717, 1.165) is 15.2 Å². The maximum absolute atomic E-state index is 9.21. The molecule has 0 fully saturated rings. The first-order valence-corrected chi connectivity index (χ1v) is 7.86. The average molecular weight is 343 g/mol. The summed E-state index contributed by atoms with van der Waals surface area (Å²) < 4.78 is 6.75. The van der Waals surface area contributed by atoms with Crippen molar-refractivity contribution in [2.75, 3.05) is 0 Å². The maximum Gasteiger partial charge on any atom is 0.163 e. The third kappa shape index (κ3) is 3.11. The van der Waals surface area contributed by atoms with Crippen LogP contribution in [0, 0.1) is 34.0 Å². The standard InChI is InChI=1S/C18H9N5OS/c19-8-11(17(22)12(9-20)10-21)7-13-5-6-15(24-13)18-23-14-3-1-2-4-16(14)25-18/h1-7H,22H2. The third-order valence-corrected chi connectivity index (χ3v) is 4.37. The molecule has 25 heavy (non-hydrogen) atoms. The molecule has 0 atom stereocenters. The topological polar surface area (TPSA) is 123 Å². The highest BCUT2D eigenvalue weighted by Gasteiger charge is 2.12. The van der Waals surface area contributed by atoms with Crippen LogP contribution >= 0.6 is 11.3 Å². The molecule has 0 radical (unpaired) electrons. The van der Waals surface area contributed by atoms with E-state index >= 15 is 0 Å². The van der Waals surface area contributed by atoms with E-state index < -0.39 is 0 Å². The van der Waals surface area contributed by atoms with Crippen molar-refractivity contribution in [3.63, 3.8) is 0 Å². The van der Waals surface area contributed by atoms with Gasteiger partial charge in [-0.15, -0.1) is 11.3 Å².